The van der Waals surface area contributed by atoms with E-state index in [4.69, 9.17) is 4.74 Å². The Balaban J connectivity index is 1.60. The lowest BCUT2D eigenvalue weighted by Gasteiger charge is -2.46. The monoisotopic (exact) mass is 358 g/mol. The highest BCUT2D eigenvalue weighted by Gasteiger charge is 2.38. The number of benzene rings is 1. The number of nitrogens with zero attached hydrogens (tertiary/aromatic N) is 2. The lowest BCUT2D eigenvalue weighted by atomic mass is 9.83. The van der Waals surface area contributed by atoms with E-state index in [1.165, 1.54) is 19.3 Å². The minimum absolute atomic E-state index is 0.0170. The SMILES string of the molecule is Cc1c(C(=O)OC2CC3CCCC(C2)N3C)c2ccccc2n1CCF. The smallest absolute Gasteiger partial charge is 0.340 e. The van der Waals surface area contributed by atoms with E-state index in [9.17, 15) is 9.18 Å². The summed E-state index contributed by atoms with van der Waals surface area (Å²) >= 11 is 0. The quantitative estimate of drug-likeness (QED) is 0.772. The van der Waals surface area contributed by atoms with Crippen LogP contribution in [0.1, 0.15) is 48.2 Å². The summed E-state index contributed by atoms with van der Waals surface area (Å²) in [5, 5.41) is 0.858. The molecule has 0 spiro atoms. The number of ether oxygens (including phenoxy) is 1. The van der Waals surface area contributed by atoms with Gasteiger partial charge in [-0.3, -0.25) is 0 Å². The Morgan fingerprint density at radius 2 is 1.92 bits per heavy atom. The number of hydrogen-bond acceptors (Lipinski definition) is 3. The third-order valence-corrected chi connectivity index (χ3v) is 6.31. The first-order valence-corrected chi connectivity index (χ1v) is 9.67. The van der Waals surface area contributed by atoms with Gasteiger partial charge in [0.1, 0.15) is 12.8 Å². The highest BCUT2D eigenvalue weighted by Crippen LogP contribution is 2.35. The Kier molecular flexibility index (Phi) is 4.74. The maximum atomic E-state index is 13.0. The van der Waals surface area contributed by atoms with Crippen LogP contribution < -0.4 is 0 Å². The van der Waals surface area contributed by atoms with Crippen LogP contribution in [0.4, 0.5) is 4.39 Å². The van der Waals surface area contributed by atoms with Gasteiger partial charge >= 0.3 is 5.97 Å². The molecule has 0 radical (unpaired) electrons. The molecular weight excluding hydrogens is 331 g/mol. The zero-order valence-electron chi connectivity index (χ0n) is 15.6. The van der Waals surface area contributed by atoms with Gasteiger partial charge in [-0.25, -0.2) is 9.18 Å². The second-order valence-corrected chi connectivity index (χ2v) is 7.72. The highest BCUT2D eigenvalue weighted by atomic mass is 19.1. The molecule has 1 aromatic carbocycles. The molecule has 4 nitrogen and oxygen atoms in total. The van der Waals surface area contributed by atoms with Crippen molar-refractivity contribution < 1.29 is 13.9 Å². The molecule has 0 amide bonds. The van der Waals surface area contributed by atoms with Crippen LogP contribution >= 0.6 is 0 Å². The van der Waals surface area contributed by atoms with Gasteiger partial charge in [0.15, 0.2) is 0 Å². The van der Waals surface area contributed by atoms with E-state index >= 15 is 0 Å². The third kappa shape index (κ3) is 2.92. The number of carbonyl (C=O) groups is 1. The summed E-state index contributed by atoms with van der Waals surface area (Å²) in [5.74, 6) is -0.260. The van der Waals surface area contributed by atoms with Gasteiger partial charge in [-0.15, -0.1) is 0 Å². The Labute approximate surface area is 153 Å². The molecule has 4 rings (SSSR count). The Bertz CT molecular complexity index is 802. The van der Waals surface area contributed by atoms with Crippen LogP contribution in [0, 0.1) is 6.92 Å². The van der Waals surface area contributed by atoms with Crippen LogP contribution in [0.15, 0.2) is 24.3 Å². The first-order chi connectivity index (χ1) is 12.6. The van der Waals surface area contributed by atoms with Gasteiger partial charge in [-0.05, 0) is 32.9 Å². The molecule has 3 heterocycles. The zero-order valence-corrected chi connectivity index (χ0v) is 15.6. The molecule has 0 N–H and O–H groups in total. The maximum absolute atomic E-state index is 13.0. The van der Waals surface area contributed by atoms with Gasteiger partial charge < -0.3 is 14.2 Å². The molecule has 2 bridgehead atoms. The molecule has 2 atom stereocenters. The number of fused-ring (bicyclic) bond motifs is 3. The number of esters is 1. The summed E-state index contributed by atoms with van der Waals surface area (Å²) in [6.45, 7) is 1.69. The van der Waals surface area contributed by atoms with Crippen molar-refractivity contribution in [1.82, 2.24) is 9.47 Å². The predicted molar refractivity (Wildman–Crippen MR) is 100 cm³/mol. The van der Waals surface area contributed by atoms with Gasteiger partial charge in [0.05, 0.1) is 12.1 Å². The number of aromatic nitrogens is 1. The van der Waals surface area contributed by atoms with Crippen molar-refractivity contribution in [2.75, 3.05) is 13.7 Å². The first kappa shape index (κ1) is 17.5. The number of piperidine rings is 2. The molecular formula is C21H27FN2O2. The number of rotatable bonds is 4. The second kappa shape index (κ2) is 7.03. The average Bonchev–Trinajstić information content (AvgIpc) is 2.88. The molecule has 140 valence electrons. The van der Waals surface area contributed by atoms with E-state index in [0.717, 1.165) is 29.4 Å². The first-order valence-electron chi connectivity index (χ1n) is 9.67. The standard InChI is InChI=1S/C21H27FN2O2/c1-14-20(18-8-3-4-9-19(18)24(14)11-10-22)21(25)26-17-12-15-6-5-7-16(13-17)23(15)2/h3-4,8-9,15-17H,5-7,10-13H2,1-2H3. The summed E-state index contributed by atoms with van der Waals surface area (Å²) in [6.07, 6.45) is 5.47. The maximum Gasteiger partial charge on any atom is 0.340 e. The number of carbonyl (C=O) groups excluding carboxylic acids is 1. The van der Waals surface area contributed by atoms with Crippen LogP contribution in [-0.2, 0) is 11.3 Å². The fraction of sp³-hybridized carbons (Fsp3) is 0.571. The zero-order chi connectivity index (χ0) is 18.3. The van der Waals surface area contributed by atoms with Gasteiger partial charge in [0, 0.05) is 41.5 Å². The number of para-hydroxylation sites is 1. The molecule has 0 saturated carbocycles. The average molecular weight is 358 g/mol. The molecule has 2 aliphatic heterocycles. The molecule has 0 aliphatic carbocycles. The molecule has 5 heteroatoms. The normalized spacial score (nSPS) is 26.2. The van der Waals surface area contributed by atoms with E-state index < -0.39 is 6.67 Å². The number of aryl methyl sites for hydroxylation is 1. The Morgan fingerprint density at radius 3 is 2.62 bits per heavy atom. The third-order valence-electron chi connectivity index (χ3n) is 6.31. The summed E-state index contributed by atoms with van der Waals surface area (Å²) < 4.78 is 20.9. The van der Waals surface area contributed by atoms with Crippen LogP contribution in [-0.4, -0.2) is 47.3 Å². The molecule has 26 heavy (non-hydrogen) atoms. The van der Waals surface area contributed by atoms with Crippen LogP contribution in [0.25, 0.3) is 10.9 Å². The van der Waals surface area contributed by atoms with E-state index in [1.54, 1.807) is 0 Å². The number of hydrogen-bond donors (Lipinski definition) is 0. The van der Waals surface area contributed by atoms with Crippen molar-refractivity contribution in [3.05, 3.63) is 35.5 Å². The minimum Gasteiger partial charge on any atom is -0.459 e. The van der Waals surface area contributed by atoms with Crippen molar-refractivity contribution in [1.29, 1.82) is 0 Å². The van der Waals surface area contributed by atoms with Crippen molar-refractivity contribution in [3.8, 4) is 0 Å². The topological polar surface area (TPSA) is 34.5 Å². The Morgan fingerprint density at radius 1 is 1.23 bits per heavy atom. The summed E-state index contributed by atoms with van der Waals surface area (Å²) in [6, 6.07) is 8.75. The van der Waals surface area contributed by atoms with Crippen LogP contribution in [0.3, 0.4) is 0 Å². The van der Waals surface area contributed by atoms with Crippen molar-refractivity contribution in [2.24, 2.45) is 0 Å². The molecule has 2 aromatic rings. The fourth-order valence-electron chi connectivity index (χ4n) is 4.93. The Hall–Kier alpha value is -1.88. The summed E-state index contributed by atoms with van der Waals surface area (Å²) in [5.41, 5.74) is 2.29. The van der Waals surface area contributed by atoms with Gasteiger partial charge in [0.25, 0.3) is 0 Å². The van der Waals surface area contributed by atoms with Gasteiger partial charge in [0.2, 0.25) is 0 Å². The van der Waals surface area contributed by atoms with Crippen molar-refractivity contribution in [2.45, 2.75) is 63.8 Å². The molecule has 2 saturated heterocycles. The van der Waals surface area contributed by atoms with E-state index in [-0.39, 0.29) is 18.6 Å². The fourth-order valence-corrected chi connectivity index (χ4v) is 4.93. The molecule has 2 fully saturated rings. The lowest BCUT2D eigenvalue weighted by molar-refractivity contribution is -0.0318. The molecule has 2 unspecified atom stereocenters. The van der Waals surface area contributed by atoms with Crippen LogP contribution in [0.5, 0.6) is 0 Å². The highest BCUT2D eigenvalue weighted by molar-refractivity contribution is 6.06. The van der Waals surface area contributed by atoms with Gasteiger partial charge in [-0.2, -0.15) is 0 Å². The molecule has 2 aliphatic rings. The lowest BCUT2D eigenvalue weighted by Crippen LogP contribution is -2.52. The predicted octanol–water partition coefficient (Wildman–Crippen LogP) is 4.09. The summed E-state index contributed by atoms with van der Waals surface area (Å²) in [7, 11) is 2.20. The second-order valence-electron chi connectivity index (χ2n) is 7.72. The number of alkyl halides is 1. The van der Waals surface area contributed by atoms with Crippen LogP contribution in [0.2, 0.25) is 0 Å². The van der Waals surface area contributed by atoms with Crippen molar-refractivity contribution >= 4 is 16.9 Å². The summed E-state index contributed by atoms with van der Waals surface area (Å²) in [4.78, 5) is 15.5. The van der Waals surface area contributed by atoms with E-state index in [1.807, 2.05) is 35.8 Å². The minimum atomic E-state index is -0.452. The molecule has 1 aromatic heterocycles. The van der Waals surface area contributed by atoms with Crippen molar-refractivity contribution in [3.63, 3.8) is 0 Å². The largest absolute Gasteiger partial charge is 0.459 e. The number of halogens is 1. The van der Waals surface area contributed by atoms with E-state index in [2.05, 4.69) is 11.9 Å². The van der Waals surface area contributed by atoms with Gasteiger partial charge in [-0.1, -0.05) is 24.6 Å². The van der Waals surface area contributed by atoms with E-state index in [0.29, 0.717) is 17.6 Å².